The number of benzene rings is 1. The number of carbonyl (C=O) groups is 1. The number of halogens is 1. The van der Waals surface area contributed by atoms with Crippen molar-refractivity contribution in [2.45, 2.75) is 13.0 Å². The van der Waals surface area contributed by atoms with Crippen molar-refractivity contribution >= 4 is 5.91 Å². The third-order valence-corrected chi connectivity index (χ3v) is 2.60. The Hall–Kier alpha value is -1.62. The van der Waals surface area contributed by atoms with Crippen molar-refractivity contribution in [3.63, 3.8) is 0 Å². The minimum Gasteiger partial charge on any atom is -0.492 e. The Kier molecular flexibility index (Phi) is 4.90. The van der Waals surface area contributed by atoms with Crippen molar-refractivity contribution in [2.75, 3.05) is 20.2 Å². The van der Waals surface area contributed by atoms with Gasteiger partial charge in [-0.1, -0.05) is 0 Å². The van der Waals surface area contributed by atoms with Gasteiger partial charge in [0, 0.05) is 6.54 Å². The van der Waals surface area contributed by atoms with E-state index in [4.69, 9.17) is 10.5 Å². The average molecular weight is 240 g/mol. The minimum absolute atomic E-state index is 0.295. The molecule has 1 aromatic rings. The van der Waals surface area contributed by atoms with Crippen molar-refractivity contribution in [3.05, 3.63) is 30.1 Å². The van der Waals surface area contributed by atoms with Crippen molar-refractivity contribution in [1.82, 2.24) is 4.90 Å². The lowest BCUT2D eigenvalue weighted by Crippen LogP contribution is -2.41. The summed E-state index contributed by atoms with van der Waals surface area (Å²) in [6.07, 6.45) is 0. The monoisotopic (exact) mass is 240 g/mol. The van der Waals surface area contributed by atoms with Crippen LogP contribution in [0.15, 0.2) is 24.3 Å². The molecule has 0 aromatic heterocycles. The summed E-state index contributed by atoms with van der Waals surface area (Å²) in [6, 6.07) is 5.47. The highest BCUT2D eigenvalue weighted by atomic mass is 19.1. The molecule has 17 heavy (non-hydrogen) atoms. The van der Waals surface area contributed by atoms with Gasteiger partial charge in [-0.3, -0.25) is 9.69 Å². The Morgan fingerprint density at radius 1 is 1.47 bits per heavy atom. The van der Waals surface area contributed by atoms with Gasteiger partial charge < -0.3 is 10.5 Å². The van der Waals surface area contributed by atoms with E-state index in [0.717, 1.165) is 0 Å². The maximum absolute atomic E-state index is 12.6. The first-order chi connectivity index (χ1) is 8.00. The molecule has 2 N–H and O–H groups in total. The second-order valence-electron chi connectivity index (χ2n) is 3.86. The molecule has 0 aliphatic rings. The predicted octanol–water partition coefficient (Wildman–Crippen LogP) is 1.01. The van der Waals surface area contributed by atoms with Gasteiger partial charge in [0.2, 0.25) is 5.91 Å². The van der Waals surface area contributed by atoms with Crippen LogP contribution < -0.4 is 10.5 Å². The number of rotatable bonds is 6. The third kappa shape index (κ3) is 4.40. The van der Waals surface area contributed by atoms with Crippen LogP contribution in [0, 0.1) is 5.82 Å². The fraction of sp³-hybridized carbons (Fsp3) is 0.417. The highest BCUT2D eigenvalue weighted by Crippen LogP contribution is 2.10. The first-order valence-electron chi connectivity index (χ1n) is 5.38. The molecule has 5 heteroatoms. The quantitative estimate of drug-likeness (QED) is 0.807. The summed E-state index contributed by atoms with van der Waals surface area (Å²) >= 11 is 0. The molecule has 0 aliphatic carbocycles. The van der Waals surface area contributed by atoms with Crippen LogP contribution >= 0.6 is 0 Å². The van der Waals surface area contributed by atoms with Gasteiger partial charge in [0.15, 0.2) is 0 Å². The molecule has 1 rings (SSSR count). The zero-order valence-corrected chi connectivity index (χ0v) is 10.0. The molecule has 0 unspecified atom stereocenters. The van der Waals surface area contributed by atoms with Crippen molar-refractivity contribution in [3.8, 4) is 5.75 Å². The Bertz CT molecular complexity index is 367. The van der Waals surface area contributed by atoms with Gasteiger partial charge in [-0.2, -0.15) is 0 Å². The number of amides is 1. The van der Waals surface area contributed by atoms with Gasteiger partial charge in [-0.15, -0.1) is 0 Å². The molecule has 0 radical (unpaired) electrons. The van der Waals surface area contributed by atoms with Crippen LogP contribution in [0.5, 0.6) is 5.75 Å². The van der Waals surface area contributed by atoms with Gasteiger partial charge >= 0.3 is 0 Å². The normalized spacial score (nSPS) is 12.5. The highest BCUT2D eigenvalue weighted by molar-refractivity contribution is 5.79. The summed E-state index contributed by atoms with van der Waals surface area (Å²) in [5, 5.41) is 0. The number of nitrogens with two attached hydrogens (primary N) is 1. The Labute approximate surface area is 100 Å². The summed E-state index contributed by atoms with van der Waals surface area (Å²) in [6.45, 7) is 2.72. The maximum atomic E-state index is 12.6. The molecular formula is C12H17FN2O2. The molecule has 94 valence electrons. The van der Waals surface area contributed by atoms with E-state index in [-0.39, 0.29) is 17.8 Å². The molecule has 0 saturated heterocycles. The Balaban J connectivity index is 2.32. The van der Waals surface area contributed by atoms with Crippen LogP contribution in [0.2, 0.25) is 0 Å². The predicted molar refractivity (Wildman–Crippen MR) is 63.2 cm³/mol. The molecule has 0 fully saturated rings. The maximum Gasteiger partial charge on any atom is 0.234 e. The summed E-state index contributed by atoms with van der Waals surface area (Å²) < 4.78 is 18.0. The van der Waals surface area contributed by atoms with E-state index in [1.54, 1.807) is 31.0 Å². The second kappa shape index (κ2) is 6.20. The van der Waals surface area contributed by atoms with E-state index >= 15 is 0 Å². The molecule has 1 aromatic carbocycles. The van der Waals surface area contributed by atoms with Crippen molar-refractivity contribution in [1.29, 1.82) is 0 Å². The smallest absolute Gasteiger partial charge is 0.234 e. The number of primary amides is 1. The SMILES string of the molecule is C[C@H](C(N)=O)N(C)CCOc1ccc(F)cc1. The zero-order chi connectivity index (χ0) is 12.8. The van der Waals surface area contributed by atoms with Crippen molar-refractivity contribution < 1.29 is 13.9 Å². The summed E-state index contributed by atoms with van der Waals surface area (Å²) in [5.74, 6) is -0.0578. The second-order valence-corrected chi connectivity index (χ2v) is 3.86. The van der Waals surface area contributed by atoms with Gasteiger partial charge in [0.05, 0.1) is 6.04 Å². The number of carbonyl (C=O) groups excluding carboxylic acids is 1. The van der Waals surface area contributed by atoms with Gasteiger partial charge in [0.1, 0.15) is 18.2 Å². The van der Waals surface area contributed by atoms with E-state index in [1.807, 2.05) is 0 Å². The minimum atomic E-state index is -0.366. The summed E-state index contributed by atoms with van der Waals surface area (Å²) in [5.41, 5.74) is 5.17. The third-order valence-electron chi connectivity index (χ3n) is 2.60. The molecule has 0 heterocycles. The first-order valence-corrected chi connectivity index (χ1v) is 5.38. The van der Waals surface area contributed by atoms with Crippen LogP contribution in [-0.2, 0) is 4.79 Å². The lowest BCUT2D eigenvalue weighted by atomic mass is 10.3. The Morgan fingerprint density at radius 3 is 2.59 bits per heavy atom. The highest BCUT2D eigenvalue weighted by Gasteiger charge is 2.13. The number of hydrogen-bond acceptors (Lipinski definition) is 3. The number of likely N-dealkylation sites (N-methyl/N-ethyl adjacent to an activating group) is 1. The molecule has 0 saturated carbocycles. The van der Waals surface area contributed by atoms with E-state index in [2.05, 4.69) is 0 Å². The Morgan fingerprint density at radius 2 is 2.06 bits per heavy atom. The van der Waals surface area contributed by atoms with Crippen LogP contribution in [0.25, 0.3) is 0 Å². The molecule has 0 aliphatic heterocycles. The standard InChI is InChI=1S/C12H17FN2O2/c1-9(12(14)16)15(2)7-8-17-11-5-3-10(13)4-6-11/h3-6,9H,7-8H2,1-2H3,(H2,14,16)/t9-/m1/s1. The van der Waals surface area contributed by atoms with Crippen LogP contribution in [0.4, 0.5) is 4.39 Å². The van der Waals surface area contributed by atoms with Crippen LogP contribution in [-0.4, -0.2) is 37.0 Å². The molecular weight excluding hydrogens is 223 g/mol. The number of nitrogens with zero attached hydrogens (tertiary/aromatic N) is 1. The van der Waals surface area contributed by atoms with E-state index in [1.165, 1.54) is 12.1 Å². The molecule has 1 amide bonds. The van der Waals surface area contributed by atoms with E-state index < -0.39 is 0 Å². The fourth-order valence-corrected chi connectivity index (χ4v) is 1.25. The van der Waals surface area contributed by atoms with Crippen molar-refractivity contribution in [2.24, 2.45) is 5.73 Å². The van der Waals surface area contributed by atoms with Crippen LogP contribution in [0.1, 0.15) is 6.92 Å². The lowest BCUT2D eigenvalue weighted by molar-refractivity contribution is -0.122. The van der Waals surface area contributed by atoms with E-state index in [0.29, 0.717) is 18.9 Å². The summed E-state index contributed by atoms with van der Waals surface area (Å²) in [7, 11) is 1.80. The molecule has 0 bridgehead atoms. The zero-order valence-electron chi connectivity index (χ0n) is 10.0. The largest absolute Gasteiger partial charge is 0.492 e. The number of ether oxygens (including phenoxy) is 1. The average Bonchev–Trinajstić information content (AvgIpc) is 2.30. The first kappa shape index (κ1) is 13.4. The number of hydrogen-bond donors (Lipinski definition) is 1. The topological polar surface area (TPSA) is 55.6 Å². The summed E-state index contributed by atoms with van der Waals surface area (Å²) in [4.78, 5) is 12.7. The van der Waals surface area contributed by atoms with Gasteiger partial charge in [-0.05, 0) is 38.2 Å². The van der Waals surface area contributed by atoms with E-state index in [9.17, 15) is 9.18 Å². The lowest BCUT2D eigenvalue weighted by Gasteiger charge is -2.21. The molecule has 0 spiro atoms. The van der Waals surface area contributed by atoms with Gasteiger partial charge in [0.25, 0.3) is 0 Å². The van der Waals surface area contributed by atoms with Gasteiger partial charge in [-0.25, -0.2) is 4.39 Å². The fourth-order valence-electron chi connectivity index (χ4n) is 1.25. The molecule has 1 atom stereocenters. The molecule has 4 nitrogen and oxygen atoms in total. The van der Waals surface area contributed by atoms with Crippen LogP contribution in [0.3, 0.4) is 0 Å².